The van der Waals surface area contributed by atoms with Crippen LogP contribution in [0.25, 0.3) is 0 Å². The molecular formula is C8H13BN2. The maximum absolute atomic E-state index is 4.00. The fraction of sp³-hybridized carbons (Fsp3) is 0.500. The summed E-state index contributed by atoms with van der Waals surface area (Å²) in [5.74, 6) is 0. The lowest BCUT2D eigenvalue weighted by atomic mass is 9.81. The fourth-order valence-corrected chi connectivity index (χ4v) is 1.19. The molecule has 2 nitrogen and oxygen atoms in total. The van der Waals surface area contributed by atoms with E-state index in [-0.39, 0.29) is 5.41 Å². The van der Waals surface area contributed by atoms with Crippen LogP contribution in [0.5, 0.6) is 0 Å². The largest absolute Gasteiger partial charge is 0.166 e. The van der Waals surface area contributed by atoms with Crippen molar-refractivity contribution in [2.75, 3.05) is 0 Å². The molecular weight excluding hydrogens is 135 g/mol. The number of aromatic nitrogens is 2. The first-order valence-electron chi connectivity index (χ1n) is 3.80. The lowest BCUT2D eigenvalue weighted by Crippen LogP contribution is -2.25. The van der Waals surface area contributed by atoms with Gasteiger partial charge in [-0.05, 0) is 17.0 Å². The Labute approximate surface area is 68.5 Å². The lowest BCUT2D eigenvalue weighted by molar-refractivity contribution is 0.590. The molecule has 0 saturated heterocycles. The van der Waals surface area contributed by atoms with Gasteiger partial charge in [-0.25, -0.2) is 0 Å². The summed E-state index contributed by atoms with van der Waals surface area (Å²) in [6.07, 6.45) is 1.74. The van der Waals surface area contributed by atoms with Crippen LogP contribution in [-0.4, -0.2) is 18.0 Å². The van der Waals surface area contributed by atoms with Crippen molar-refractivity contribution in [1.82, 2.24) is 10.2 Å². The summed E-state index contributed by atoms with van der Waals surface area (Å²) >= 11 is 0. The molecule has 0 aliphatic rings. The first-order chi connectivity index (χ1) is 5.02. The molecule has 1 rings (SSSR count). The zero-order valence-corrected chi connectivity index (χ0v) is 7.55. The summed E-state index contributed by atoms with van der Waals surface area (Å²) in [4.78, 5) is 0. The van der Waals surface area contributed by atoms with Gasteiger partial charge in [-0.15, -0.1) is 0 Å². The molecule has 1 aromatic rings. The number of nitrogens with zero attached hydrogens (tertiary/aromatic N) is 2. The summed E-state index contributed by atoms with van der Waals surface area (Å²) < 4.78 is 0. The molecule has 1 heterocycles. The number of rotatable bonds is 0. The van der Waals surface area contributed by atoms with Crippen LogP contribution in [0.1, 0.15) is 26.3 Å². The number of hydrogen-bond donors (Lipinski definition) is 0. The molecule has 0 fully saturated rings. The highest BCUT2D eigenvalue weighted by atomic mass is 15.1. The molecule has 1 aromatic heterocycles. The lowest BCUT2D eigenvalue weighted by Gasteiger charge is -2.19. The van der Waals surface area contributed by atoms with Gasteiger partial charge in [0.25, 0.3) is 0 Å². The Kier molecular flexibility index (Phi) is 1.98. The second kappa shape index (κ2) is 2.64. The SMILES string of the molecule is Bc1nnccc1C(C)(C)C. The van der Waals surface area contributed by atoms with E-state index in [1.165, 1.54) is 5.56 Å². The topological polar surface area (TPSA) is 25.8 Å². The van der Waals surface area contributed by atoms with Crippen molar-refractivity contribution >= 4 is 13.4 Å². The van der Waals surface area contributed by atoms with Gasteiger partial charge in [0, 0.05) is 11.8 Å². The Morgan fingerprint density at radius 1 is 1.36 bits per heavy atom. The van der Waals surface area contributed by atoms with Crippen LogP contribution in [0.4, 0.5) is 0 Å². The highest BCUT2D eigenvalue weighted by Gasteiger charge is 2.15. The van der Waals surface area contributed by atoms with Crippen LogP contribution < -0.4 is 5.59 Å². The normalized spacial score (nSPS) is 11.5. The predicted molar refractivity (Wildman–Crippen MR) is 48.9 cm³/mol. The van der Waals surface area contributed by atoms with Crippen LogP contribution in [0.3, 0.4) is 0 Å². The zero-order valence-electron chi connectivity index (χ0n) is 7.55. The van der Waals surface area contributed by atoms with E-state index in [9.17, 15) is 0 Å². The third-order valence-electron chi connectivity index (χ3n) is 1.71. The third kappa shape index (κ3) is 1.79. The summed E-state index contributed by atoms with van der Waals surface area (Å²) in [7, 11) is 1.99. The van der Waals surface area contributed by atoms with Gasteiger partial charge in [-0.3, -0.25) is 0 Å². The molecule has 3 heteroatoms. The van der Waals surface area contributed by atoms with Crippen molar-refractivity contribution in [1.29, 1.82) is 0 Å². The standard InChI is InChI=1S/C8H13BN2/c1-8(2,3)6-4-5-10-11-7(6)9/h4-5H,9H2,1-3H3. The highest BCUT2D eigenvalue weighted by Crippen LogP contribution is 2.17. The molecule has 0 atom stereocenters. The third-order valence-corrected chi connectivity index (χ3v) is 1.71. The van der Waals surface area contributed by atoms with Gasteiger partial charge < -0.3 is 0 Å². The van der Waals surface area contributed by atoms with Gasteiger partial charge in [-0.2, -0.15) is 10.2 Å². The molecule has 0 spiro atoms. The Bertz CT molecular complexity index is 253. The van der Waals surface area contributed by atoms with E-state index in [1.807, 2.05) is 13.9 Å². The summed E-state index contributed by atoms with van der Waals surface area (Å²) in [6, 6.07) is 2.03. The van der Waals surface area contributed by atoms with Crippen molar-refractivity contribution < 1.29 is 0 Å². The van der Waals surface area contributed by atoms with E-state index < -0.39 is 0 Å². The van der Waals surface area contributed by atoms with Crippen LogP contribution in [-0.2, 0) is 5.41 Å². The average molecular weight is 148 g/mol. The van der Waals surface area contributed by atoms with E-state index in [0.717, 1.165) is 5.59 Å². The highest BCUT2D eigenvalue weighted by molar-refractivity contribution is 6.31. The minimum Gasteiger partial charge on any atom is -0.166 e. The summed E-state index contributed by atoms with van der Waals surface area (Å²) in [6.45, 7) is 6.53. The smallest absolute Gasteiger partial charge is 0.166 e. The van der Waals surface area contributed by atoms with Gasteiger partial charge in [0.2, 0.25) is 0 Å². The van der Waals surface area contributed by atoms with Gasteiger partial charge in [0.1, 0.15) is 0 Å². The maximum atomic E-state index is 4.00. The fourth-order valence-electron chi connectivity index (χ4n) is 1.19. The zero-order chi connectivity index (χ0) is 8.48. The molecule has 0 radical (unpaired) electrons. The molecule has 0 aliphatic heterocycles. The minimum absolute atomic E-state index is 0.181. The molecule has 0 aromatic carbocycles. The minimum atomic E-state index is 0.181. The van der Waals surface area contributed by atoms with E-state index in [0.29, 0.717) is 0 Å². The van der Waals surface area contributed by atoms with Gasteiger partial charge in [0.05, 0.1) is 0 Å². The molecule has 0 aliphatic carbocycles. The average Bonchev–Trinajstić information content (AvgIpc) is 1.86. The Morgan fingerprint density at radius 2 is 2.00 bits per heavy atom. The Morgan fingerprint density at radius 3 is 2.36 bits per heavy atom. The molecule has 11 heavy (non-hydrogen) atoms. The summed E-state index contributed by atoms with van der Waals surface area (Å²) in [5.41, 5.74) is 2.48. The summed E-state index contributed by atoms with van der Waals surface area (Å²) in [5, 5.41) is 7.80. The van der Waals surface area contributed by atoms with Gasteiger partial charge in [-0.1, -0.05) is 20.8 Å². The van der Waals surface area contributed by atoms with Crippen molar-refractivity contribution in [2.24, 2.45) is 0 Å². The van der Waals surface area contributed by atoms with Crippen molar-refractivity contribution in [3.63, 3.8) is 0 Å². The van der Waals surface area contributed by atoms with E-state index >= 15 is 0 Å². The second-order valence-electron chi connectivity index (χ2n) is 3.78. The quantitative estimate of drug-likeness (QED) is 0.485. The first-order valence-corrected chi connectivity index (χ1v) is 3.80. The van der Waals surface area contributed by atoms with Crippen LogP contribution in [0.15, 0.2) is 12.3 Å². The molecule has 0 saturated carbocycles. The van der Waals surface area contributed by atoms with Crippen molar-refractivity contribution in [3.8, 4) is 0 Å². The van der Waals surface area contributed by atoms with Crippen molar-refractivity contribution in [2.45, 2.75) is 26.2 Å². The van der Waals surface area contributed by atoms with Crippen LogP contribution in [0, 0.1) is 0 Å². The number of hydrogen-bond acceptors (Lipinski definition) is 2. The van der Waals surface area contributed by atoms with E-state index in [4.69, 9.17) is 0 Å². The molecule has 0 N–H and O–H groups in total. The predicted octanol–water partition coefficient (Wildman–Crippen LogP) is 0.0325. The van der Waals surface area contributed by atoms with Gasteiger partial charge in [0.15, 0.2) is 7.85 Å². The molecule has 0 bridgehead atoms. The van der Waals surface area contributed by atoms with Crippen LogP contribution >= 0.6 is 0 Å². The monoisotopic (exact) mass is 148 g/mol. The molecule has 0 unspecified atom stereocenters. The Balaban J connectivity index is 3.14. The molecule has 58 valence electrons. The second-order valence-corrected chi connectivity index (χ2v) is 3.78. The van der Waals surface area contributed by atoms with E-state index in [2.05, 4.69) is 31.0 Å². The first kappa shape index (κ1) is 8.24. The van der Waals surface area contributed by atoms with Crippen LogP contribution in [0.2, 0.25) is 0 Å². The Hall–Kier alpha value is -0.855. The van der Waals surface area contributed by atoms with Gasteiger partial charge >= 0.3 is 0 Å². The van der Waals surface area contributed by atoms with E-state index in [1.54, 1.807) is 6.20 Å². The molecule has 0 amide bonds. The maximum Gasteiger partial charge on any atom is 0.166 e. The van der Waals surface area contributed by atoms with Crippen molar-refractivity contribution in [3.05, 3.63) is 17.8 Å².